The molecule has 0 saturated heterocycles. The molecule has 0 aliphatic carbocycles. The maximum atomic E-state index is 6.17. The molecule has 198 valence electrons. The van der Waals surface area contributed by atoms with Crippen LogP contribution in [-0.2, 0) is 0 Å². The van der Waals surface area contributed by atoms with Crippen molar-refractivity contribution in [2.24, 2.45) is 0 Å². The first-order chi connectivity index (χ1) is 20.8. The van der Waals surface area contributed by atoms with Crippen LogP contribution in [0.15, 0.2) is 162 Å². The van der Waals surface area contributed by atoms with E-state index in [1.54, 1.807) is 0 Å². The minimum Gasteiger partial charge on any atom is -0.456 e. The van der Waals surface area contributed by atoms with E-state index in [-0.39, 0.29) is 0 Å². The third kappa shape index (κ3) is 4.13. The molecular weight excluding hydrogens is 510 g/mol. The van der Waals surface area contributed by atoms with Crippen LogP contribution in [0.5, 0.6) is 0 Å². The second-order valence-corrected chi connectivity index (χ2v) is 10.6. The number of fused-ring (bicyclic) bond motifs is 4. The lowest BCUT2D eigenvalue weighted by atomic mass is 9.91. The van der Waals surface area contributed by atoms with Crippen molar-refractivity contribution in [2.75, 3.05) is 5.32 Å². The quantitative estimate of drug-likeness (QED) is 0.236. The Bertz CT molecular complexity index is 2220. The van der Waals surface area contributed by atoms with E-state index in [1.807, 2.05) is 18.2 Å². The van der Waals surface area contributed by atoms with Gasteiger partial charge >= 0.3 is 0 Å². The Balaban J connectivity index is 1.24. The lowest BCUT2D eigenvalue weighted by Gasteiger charge is -2.17. The first kappa shape index (κ1) is 24.2. The molecule has 0 spiro atoms. The average molecular weight is 538 g/mol. The van der Waals surface area contributed by atoms with Crippen LogP contribution < -0.4 is 5.32 Å². The van der Waals surface area contributed by atoms with Gasteiger partial charge in [0.25, 0.3) is 0 Å². The van der Waals surface area contributed by atoms with Gasteiger partial charge in [0.05, 0.1) is 0 Å². The molecule has 8 aromatic rings. The molecule has 0 saturated carbocycles. The highest BCUT2D eigenvalue weighted by molar-refractivity contribution is 6.12. The molecule has 0 fully saturated rings. The van der Waals surface area contributed by atoms with Gasteiger partial charge < -0.3 is 9.73 Å². The van der Waals surface area contributed by atoms with Crippen molar-refractivity contribution >= 4 is 44.1 Å². The summed E-state index contributed by atoms with van der Waals surface area (Å²) in [5, 5.41) is 8.53. The third-order valence-electron chi connectivity index (χ3n) is 8.06. The molecular formula is C40H27NO. The zero-order valence-electron chi connectivity index (χ0n) is 22.9. The largest absolute Gasteiger partial charge is 0.456 e. The van der Waals surface area contributed by atoms with E-state index in [1.165, 1.54) is 33.0 Å². The van der Waals surface area contributed by atoms with Crippen LogP contribution in [0.1, 0.15) is 0 Å². The van der Waals surface area contributed by atoms with E-state index < -0.39 is 0 Å². The minimum absolute atomic E-state index is 0.905. The molecule has 8 rings (SSSR count). The number of nitrogens with one attached hydrogen (secondary N) is 1. The number of hydrogen-bond donors (Lipinski definition) is 1. The molecule has 1 N–H and O–H groups in total. The summed E-state index contributed by atoms with van der Waals surface area (Å²) < 4.78 is 6.17. The van der Waals surface area contributed by atoms with Crippen LogP contribution >= 0.6 is 0 Å². The van der Waals surface area contributed by atoms with Crippen molar-refractivity contribution in [1.29, 1.82) is 0 Å². The fourth-order valence-electron chi connectivity index (χ4n) is 6.19. The summed E-state index contributed by atoms with van der Waals surface area (Å²) in [5.41, 5.74) is 11.1. The summed E-state index contributed by atoms with van der Waals surface area (Å²) in [5.74, 6) is 0. The van der Waals surface area contributed by atoms with Crippen LogP contribution in [0.3, 0.4) is 0 Å². The van der Waals surface area contributed by atoms with Crippen molar-refractivity contribution in [3.63, 3.8) is 0 Å². The SMILES string of the molecule is c1ccc(-c2cccc3cccc(-c4ccccc4Nc4cccc(-c5cccc6oc7ccccc7c56)c4)c23)cc1. The summed E-state index contributed by atoms with van der Waals surface area (Å²) in [6.45, 7) is 0. The predicted molar refractivity (Wildman–Crippen MR) is 177 cm³/mol. The Morgan fingerprint density at radius 1 is 0.405 bits per heavy atom. The lowest BCUT2D eigenvalue weighted by molar-refractivity contribution is 0.669. The smallest absolute Gasteiger partial charge is 0.136 e. The fourth-order valence-corrected chi connectivity index (χ4v) is 6.19. The first-order valence-corrected chi connectivity index (χ1v) is 14.3. The number of benzene rings is 7. The van der Waals surface area contributed by atoms with Gasteiger partial charge in [0, 0.05) is 27.7 Å². The molecule has 0 atom stereocenters. The number of para-hydroxylation sites is 2. The Hall–Kier alpha value is -5.60. The second-order valence-electron chi connectivity index (χ2n) is 10.6. The number of hydrogen-bond acceptors (Lipinski definition) is 2. The highest BCUT2D eigenvalue weighted by Gasteiger charge is 2.15. The van der Waals surface area contributed by atoms with E-state index in [4.69, 9.17) is 4.42 Å². The maximum Gasteiger partial charge on any atom is 0.136 e. The van der Waals surface area contributed by atoms with Gasteiger partial charge in [-0.3, -0.25) is 0 Å². The topological polar surface area (TPSA) is 25.2 Å². The summed E-state index contributed by atoms with van der Waals surface area (Å²) >= 11 is 0. The summed E-state index contributed by atoms with van der Waals surface area (Å²) in [6.07, 6.45) is 0. The van der Waals surface area contributed by atoms with E-state index in [9.17, 15) is 0 Å². The molecule has 2 heteroatoms. The Kier molecular flexibility index (Phi) is 5.82. The van der Waals surface area contributed by atoms with Crippen molar-refractivity contribution in [2.45, 2.75) is 0 Å². The highest BCUT2D eigenvalue weighted by atomic mass is 16.3. The molecule has 1 aromatic heterocycles. The van der Waals surface area contributed by atoms with Crippen molar-refractivity contribution in [3.8, 4) is 33.4 Å². The normalized spacial score (nSPS) is 11.3. The van der Waals surface area contributed by atoms with Crippen LogP contribution in [0.25, 0.3) is 66.1 Å². The predicted octanol–water partition coefficient (Wildman–Crippen LogP) is 11.5. The van der Waals surface area contributed by atoms with Gasteiger partial charge in [-0.1, -0.05) is 127 Å². The third-order valence-corrected chi connectivity index (χ3v) is 8.06. The van der Waals surface area contributed by atoms with Gasteiger partial charge in [-0.2, -0.15) is 0 Å². The Labute approximate surface area is 244 Å². The zero-order chi connectivity index (χ0) is 27.9. The molecule has 0 radical (unpaired) electrons. The minimum atomic E-state index is 0.905. The van der Waals surface area contributed by atoms with Gasteiger partial charge in [0.2, 0.25) is 0 Å². The van der Waals surface area contributed by atoms with Crippen LogP contribution in [0.4, 0.5) is 11.4 Å². The molecule has 0 amide bonds. The molecule has 0 bridgehead atoms. The van der Waals surface area contributed by atoms with Gasteiger partial charge in [0.15, 0.2) is 0 Å². The van der Waals surface area contributed by atoms with Crippen molar-refractivity contribution in [1.82, 2.24) is 0 Å². The first-order valence-electron chi connectivity index (χ1n) is 14.3. The van der Waals surface area contributed by atoms with E-state index in [2.05, 4.69) is 145 Å². The van der Waals surface area contributed by atoms with Crippen LogP contribution in [-0.4, -0.2) is 0 Å². The summed E-state index contributed by atoms with van der Waals surface area (Å²) in [6, 6.07) is 55.6. The number of furan rings is 1. The van der Waals surface area contributed by atoms with Gasteiger partial charge in [-0.05, 0) is 68.9 Å². The highest BCUT2D eigenvalue weighted by Crippen LogP contribution is 2.41. The summed E-state index contributed by atoms with van der Waals surface area (Å²) in [7, 11) is 0. The standard InChI is InChI=1S/C40H27NO/c1-2-12-27(13-3-1)31-20-9-14-28-15-10-22-34(39(28)31)33-18-4-6-23-36(33)41-30-17-8-16-29(26-30)32-21-11-25-38-40(32)35-19-5-7-24-37(35)42-38/h1-26,41H. The van der Waals surface area contributed by atoms with Gasteiger partial charge in [-0.15, -0.1) is 0 Å². The molecule has 0 aliphatic rings. The molecule has 1 heterocycles. The Morgan fingerprint density at radius 3 is 1.90 bits per heavy atom. The average Bonchev–Trinajstić information content (AvgIpc) is 3.44. The van der Waals surface area contributed by atoms with Crippen LogP contribution in [0, 0.1) is 0 Å². The molecule has 0 aliphatic heterocycles. The molecule has 0 unspecified atom stereocenters. The van der Waals surface area contributed by atoms with E-state index in [0.717, 1.165) is 44.4 Å². The van der Waals surface area contributed by atoms with Gasteiger partial charge in [0.1, 0.15) is 11.2 Å². The van der Waals surface area contributed by atoms with Crippen molar-refractivity contribution in [3.05, 3.63) is 158 Å². The second kappa shape index (κ2) is 10.1. The maximum absolute atomic E-state index is 6.17. The van der Waals surface area contributed by atoms with E-state index >= 15 is 0 Å². The van der Waals surface area contributed by atoms with E-state index in [0.29, 0.717) is 0 Å². The zero-order valence-corrected chi connectivity index (χ0v) is 22.9. The number of rotatable bonds is 5. The summed E-state index contributed by atoms with van der Waals surface area (Å²) in [4.78, 5) is 0. The monoisotopic (exact) mass is 537 g/mol. The Morgan fingerprint density at radius 2 is 1.02 bits per heavy atom. The van der Waals surface area contributed by atoms with Gasteiger partial charge in [-0.25, -0.2) is 0 Å². The molecule has 2 nitrogen and oxygen atoms in total. The fraction of sp³-hybridized carbons (Fsp3) is 0. The molecule has 7 aromatic carbocycles. The lowest BCUT2D eigenvalue weighted by Crippen LogP contribution is -1.95. The van der Waals surface area contributed by atoms with Crippen LogP contribution in [0.2, 0.25) is 0 Å². The molecule has 42 heavy (non-hydrogen) atoms. The van der Waals surface area contributed by atoms with Crippen molar-refractivity contribution < 1.29 is 4.42 Å². The number of anilines is 2.